The molecule has 1 atom stereocenters. The number of aliphatic hydroxyl groups excluding tert-OH is 1. The molecule has 0 spiro atoms. The minimum absolute atomic E-state index is 0.00748. The molecule has 0 radical (unpaired) electrons. The van der Waals surface area contributed by atoms with E-state index in [9.17, 15) is 4.79 Å². The van der Waals surface area contributed by atoms with Crippen molar-refractivity contribution in [3.63, 3.8) is 0 Å². The first-order valence-electron chi connectivity index (χ1n) is 5.90. The summed E-state index contributed by atoms with van der Waals surface area (Å²) in [6.07, 6.45) is 2.69. The van der Waals surface area contributed by atoms with Crippen molar-refractivity contribution < 1.29 is 14.4 Å². The largest absolute Gasteiger partial charge is 0.394 e. The van der Waals surface area contributed by atoms with Crippen LogP contribution in [-0.2, 0) is 11.2 Å². The Balaban J connectivity index is 1.84. The molecule has 0 aromatic carbocycles. The summed E-state index contributed by atoms with van der Waals surface area (Å²) in [5, 5.41) is 12.8. The fraction of sp³-hybridized carbons (Fsp3) is 0.727. The van der Waals surface area contributed by atoms with E-state index < -0.39 is 0 Å². The lowest BCUT2D eigenvalue weighted by atomic mass is 10.2. The van der Waals surface area contributed by atoms with Gasteiger partial charge in [0.05, 0.1) is 12.6 Å². The second kappa shape index (κ2) is 5.27. The number of amides is 1. The minimum Gasteiger partial charge on any atom is -0.394 e. The average Bonchev–Trinajstić information content (AvgIpc) is 2.94. The number of likely N-dealkylation sites (tertiary alicyclic amines) is 1. The molecule has 94 valence electrons. The Morgan fingerprint density at radius 2 is 2.47 bits per heavy atom. The van der Waals surface area contributed by atoms with Gasteiger partial charge >= 0.3 is 0 Å². The third kappa shape index (κ3) is 2.82. The molecular weight excluding hydrogens is 222 g/mol. The van der Waals surface area contributed by atoms with Gasteiger partial charge in [0.1, 0.15) is 0 Å². The number of hydrogen-bond acceptors (Lipinski definition) is 5. The zero-order valence-corrected chi connectivity index (χ0v) is 9.93. The van der Waals surface area contributed by atoms with Crippen LogP contribution in [0.2, 0.25) is 0 Å². The van der Waals surface area contributed by atoms with Crippen LogP contribution in [0.15, 0.2) is 4.52 Å². The molecule has 0 aliphatic carbocycles. The van der Waals surface area contributed by atoms with E-state index in [1.807, 2.05) is 0 Å². The molecule has 0 bridgehead atoms. The predicted octanol–water partition coefficient (Wildman–Crippen LogP) is 0.294. The fourth-order valence-corrected chi connectivity index (χ4v) is 2.15. The van der Waals surface area contributed by atoms with Gasteiger partial charge in [0.15, 0.2) is 5.82 Å². The van der Waals surface area contributed by atoms with E-state index in [-0.39, 0.29) is 18.6 Å². The van der Waals surface area contributed by atoms with Crippen LogP contribution in [0.4, 0.5) is 0 Å². The average molecular weight is 239 g/mol. The molecule has 6 heteroatoms. The monoisotopic (exact) mass is 239 g/mol. The van der Waals surface area contributed by atoms with Gasteiger partial charge in [-0.05, 0) is 19.8 Å². The summed E-state index contributed by atoms with van der Waals surface area (Å²) in [5.74, 6) is 1.13. The maximum atomic E-state index is 11.9. The molecule has 1 aliphatic heterocycles. The van der Waals surface area contributed by atoms with Crippen LogP contribution in [0.25, 0.3) is 0 Å². The lowest BCUT2D eigenvalue weighted by Crippen LogP contribution is -2.37. The van der Waals surface area contributed by atoms with E-state index in [4.69, 9.17) is 9.63 Å². The van der Waals surface area contributed by atoms with Gasteiger partial charge in [-0.2, -0.15) is 4.98 Å². The van der Waals surface area contributed by atoms with Crippen molar-refractivity contribution in [3.05, 3.63) is 11.7 Å². The van der Waals surface area contributed by atoms with E-state index in [1.54, 1.807) is 11.8 Å². The van der Waals surface area contributed by atoms with E-state index >= 15 is 0 Å². The fourth-order valence-electron chi connectivity index (χ4n) is 2.15. The second-order valence-corrected chi connectivity index (χ2v) is 4.30. The molecule has 1 fully saturated rings. The number of carbonyl (C=O) groups is 1. The topological polar surface area (TPSA) is 79.5 Å². The molecule has 0 unspecified atom stereocenters. The van der Waals surface area contributed by atoms with Crippen LogP contribution in [0, 0.1) is 6.92 Å². The van der Waals surface area contributed by atoms with Crippen LogP contribution in [0.5, 0.6) is 0 Å². The highest BCUT2D eigenvalue weighted by Crippen LogP contribution is 2.18. The minimum atomic E-state index is -0.00748. The molecule has 1 aliphatic rings. The molecule has 0 saturated carbocycles. The number of hydrogen-bond donors (Lipinski definition) is 1. The summed E-state index contributed by atoms with van der Waals surface area (Å²) in [6, 6.07) is -0.00748. The first kappa shape index (κ1) is 12.0. The van der Waals surface area contributed by atoms with Crippen molar-refractivity contribution in [1.29, 1.82) is 0 Å². The third-order valence-electron chi connectivity index (χ3n) is 3.03. The van der Waals surface area contributed by atoms with Gasteiger partial charge in [0, 0.05) is 19.4 Å². The van der Waals surface area contributed by atoms with Gasteiger partial charge in [-0.3, -0.25) is 4.79 Å². The Kier molecular flexibility index (Phi) is 3.73. The molecule has 2 heterocycles. The Labute approximate surface area is 99.6 Å². The normalized spacial score (nSPS) is 19.9. The highest BCUT2D eigenvalue weighted by molar-refractivity contribution is 5.77. The maximum Gasteiger partial charge on any atom is 0.227 e. The Hall–Kier alpha value is -1.43. The van der Waals surface area contributed by atoms with Gasteiger partial charge in [-0.15, -0.1) is 0 Å². The first-order valence-corrected chi connectivity index (χ1v) is 5.90. The zero-order chi connectivity index (χ0) is 12.3. The zero-order valence-electron chi connectivity index (χ0n) is 9.93. The molecule has 1 aromatic rings. The highest BCUT2D eigenvalue weighted by atomic mass is 16.5. The number of aryl methyl sites for hydroxylation is 2. The van der Waals surface area contributed by atoms with Gasteiger partial charge in [-0.1, -0.05) is 5.16 Å². The van der Waals surface area contributed by atoms with Crippen molar-refractivity contribution in [2.75, 3.05) is 13.2 Å². The molecule has 1 aromatic heterocycles. The predicted molar refractivity (Wildman–Crippen MR) is 59.2 cm³/mol. The van der Waals surface area contributed by atoms with E-state index in [1.165, 1.54) is 0 Å². The van der Waals surface area contributed by atoms with Gasteiger partial charge < -0.3 is 14.5 Å². The quantitative estimate of drug-likeness (QED) is 0.817. The third-order valence-corrected chi connectivity index (χ3v) is 3.03. The van der Waals surface area contributed by atoms with E-state index in [2.05, 4.69) is 10.1 Å². The van der Waals surface area contributed by atoms with Crippen molar-refractivity contribution >= 4 is 5.91 Å². The maximum absolute atomic E-state index is 11.9. The molecule has 1 amide bonds. The smallest absolute Gasteiger partial charge is 0.227 e. The summed E-state index contributed by atoms with van der Waals surface area (Å²) < 4.78 is 4.95. The van der Waals surface area contributed by atoms with Crippen LogP contribution < -0.4 is 0 Å². The number of carbonyl (C=O) groups excluding carboxylic acids is 1. The first-order chi connectivity index (χ1) is 8.20. The Bertz CT molecular complexity index is 391. The molecule has 17 heavy (non-hydrogen) atoms. The number of aromatic nitrogens is 2. The van der Waals surface area contributed by atoms with Crippen LogP contribution in [-0.4, -0.2) is 45.2 Å². The van der Waals surface area contributed by atoms with E-state index in [0.29, 0.717) is 24.6 Å². The second-order valence-electron chi connectivity index (χ2n) is 4.30. The standard InChI is InChI=1S/C11H17N3O3/c1-8-12-10(17-13-8)4-5-11(16)14-6-2-3-9(14)7-15/h9,15H,2-7H2,1H3/t9-/m0/s1. The Morgan fingerprint density at radius 3 is 3.12 bits per heavy atom. The number of rotatable bonds is 4. The number of aliphatic hydroxyl groups is 1. The summed E-state index contributed by atoms with van der Waals surface area (Å²) in [5.41, 5.74) is 0. The van der Waals surface area contributed by atoms with Crippen LogP contribution in [0.1, 0.15) is 31.0 Å². The van der Waals surface area contributed by atoms with Gasteiger partial charge in [-0.25, -0.2) is 0 Å². The summed E-state index contributed by atoms with van der Waals surface area (Å²) >= 11 is 0. The molecular formula is C11H17N3O3. The SMILES string of the molecule is Cc1noc(CCC(=O)N2CCC[C@H]2CO)n1. The van der Waals surface area contributed by atoms with Crippen molar-refractivity contribution in [2.45, 2.75) is 38.6 Å². The Morgan fingerprint density at radius 1 is 1.65 bits per heavy atom. The van der Waals surface area contributed by atoms with Crippen molar-refractivity contribution in [1.82, 2.24) is 15.0 Å². The van der Waals surface area contributed by atoms with Crippen molar-refractivity contribution in [3.8, 4) is 0 Å². The highest BCUT2D eigenvalue weighted by Gasteiger charge is 2.27. The van der Waals surface area contributed by atoms with Gasteiger partial charge in [0.25, 0.3) is 0 Å². The van der Waals surface area contributed by atoms with E-state index in [0.717, 1.165) is 19.4 Å². The molecule has 6 nitrogen and oxygen atoms in total. The summed E-state index contributed by atoms with van der Waals surface area (Å²) in [7, 11) is 0. The molecule has 2 rings (SSSR count). The lowest BCUT2D eigenvalue weighted by Gasteiger charge is -2.22. The summed E-state index contributed by atoms with van der Waals surface area (Å²) in [6.45, 7) is 2.54. The molecule has 1 N–H and O–H groups in total. The van der Waals surface area contributed by atoms with Gasteiger partial charge in [0.2, 0.25) is 11.8 Å². The lowest BCUT2D eigenvalue weighted by molar-refractivity contribution is -0.132. The van der Waals surface area contributed by atoms with Crippen LogP contribution >= 0.6 is 0 Å². The molecule has 1 saturated heterocycles. The van der Waals surface area contributed by atoms with Crippen molar-refractivity contribution in [2.24, 2.45) is 0 Å². The summed E-state index contributed by atoms with van der Waals surface area (Å²) in [4.78, 5) is 17.7. The van der Waals surface area contributed by atoms with Crippen LogP contribution in [0.3, 0.4) is 0 Å². The number of nitrogens with zero attached hydrogens (tertiary/aromatic N) is 3.